The molecule has 0 saturated heterocycles. The van der Waals surface area contributed by atoms with E-state index in [0.29, 0.717) is 42.5 Å². The smallest absolute Gasteiger partial charge is 0.368 e. The van der Waals surface area contributed by atoms with E-state index in [-0.39, 0.29) is 0 Å². The number of aromatic nitrogens is 4. The molecule has 3 aromatic rings. The second kappa shape index (κ2) is 5.65. The van der Waals surface area contributed by atoms with Crippen LogP contribution in [0.15, 0.2) is 30.7 Å². The Labute approximate surface area is 146 Å². The summed E-state index contributed by atoms with van der Waals surface area (Å²) in [6.45, 7) is 0.356. The van der Waals surface area contributed by atoms with E-state index in [4.69, 9.17) is 0 Å². The zero-order chi connectivity index (χ0) is 18.5. The molecule has 1 aliphatic carbocycles. The van der Waals surface area contributed by atoms with Gasteiger partial charge in [-0.1, -0.05) is 0 Å². The van der Waals surface area contributed by atoms with E-state index in [0.717, 1.165) is 11.5 Å². The molecule has 5 nitrogen and oxygen atoms in total. The lowest BCUT2D eigenvalue weighted by molar-refractivity contribution is -0.137. The molecule has 0 atom stereocenters. The van der Waals surface area contributed by atoms with Crippen LogP contribution in [0.3, 0.4) is 0 Å². The highest BCUT2D eigenvalue weighted by atomic mass is 19.4. The second-order valence-corrected chi connectivity index (χ2v) is 6.59. The molecule has 0 amide bonds. The van der Waals surface area contributed by atoms with E-state index in [1.54, 1.807) is 17.9 Å². The van der Waals surface area contributed by atoms with Crippen LogP contribution < -0.4 is 5.32 Å². The molecule has 0 spiro atoms. The second-order valence-electron chi connectivity index (χ2n) is 6.59. The molecule has 1 fully saturated rings. The van der Waals surface area contributed by atoms with Crippen molar-refractivity contribution in [1.82, 2.24) is 19.7 Å². The van der Waals surface area contributed by atoms with Gasteiger partial charge in [0, 0.05) is 19.0 Å². The highest BCUT2D eigenvalue weighted by Gasteiger charge is 2.45. The van der Waals surface area contributed by atoms with Crippen molar-refractivity contribution in [2.45, 2.75) is 24.4 Å². The van der Waals surface area contributed by atoms with E-state index in [1.807, 2.05) is 0 Å². The molecule has 9 heteroatoms. The molecule has 2 aromatic heterocycles. The summed E-state index contributed by atoms with van der Waals surface area (Å²) >= 11 is 0. The number of anilines is 1. The van der Waals surface area contributed by atoms with E-state index >= 15 is 0 Å². The zero-order valence-corrected chi connectivity index (χ0v) is 13.8. The molecule has 2 heterocycles. The first-order valence-electron chi connectivity index (χ1n) is 8.03. The number of hydrogen-bond donors (Lipinski definition) is 1. The van der Waals surface area contributed by atoms with Crippen molar-refractivity contribution in [3.63, 3.8) is 0 Å². The van der Waals surface area contributed by atoms with Gasteiger partial charge in [-0.25, -0.2) is 14.4 Å². The lowest BCUT2D eigenvalue weighted by atomic mass is 9.93. The summed E-state index contributed by atoms with van der Waals surface area (Å²) < 4.78 is 54.3. The predicted molar refractivity (Wildman–Crippen MR) is 87.1 cm³/mol. The van der Waals surface area contributed by atoms with Gasteiger partial charge in [-0.3, -0.25) is 4.68 Å². The van der Waals surface area contributed by atoms with Gasteiger partial charge in [0.05, 0.1) is 17.1 Å². The third kappa shape index (κ3) is 2.87. The Balaban J connectivity index is 1.61. The minimum Gasteiger partial charge on any atom is -0.368 e. The van der Waals surface area contributed by atoms with Crippen LogP contribution in [0, 0.1) is 5.82 Å². The number of benzene rings is 1. The predicted octanol–water partition coefficient (Wildman–Crippen LogP) is 3.66. The summed E-state index contributed by atoms with van der Waals surface area (Å²) in [6, 6.07) is 2.75. The summed E-state index contributed by atoms with van der Waals surface area (Å²) in [5.41, 5.74) is -0.483. The van der Waals surface area contributed by atoms with Crippen molar-refractivity contribution >= 4 is 16.9 Å². The maximum Gasteiger partial charge on any atom is 0.416 e. The molecule has 26 heavy (non-hydrogen) atoms. The van der Waals surface area contributed by atoms with E-state index in [1.165, 1.54) is 12.4 Å². The first-order chi connectivity index (χ1) is 12.3. The van der Waals surface area contributed by atoms with Crippen molar-refractivity contribution in [2.24, 2.45) is 7.05 Å². The van der Waals surface area contributed by atoms with Crippen LogP contribution in [0.5, 0.6) is 0 Å². The van der Waals surface area contributed by atoms with Gasteiger partial charge in [-0.2, -0.15) is 18.3 Å². The van der Waals surface area contributed by atoms with Crippen LogP contribution in [0.25, 0.3) is 11.0 Å². The topological polar surface area (TPSA) is 55.6 Å². The lowest BCUT2D eigenvalue weighted by Gasteiger charge is -2.19. The summed E-state index contributed by atoms with van der Waals surface area (Å²) in [4.78, 5) is 8.33. The fourth-order valence-electron chi connectivity index (χ4n) is 3.13. The van der Waals surface area contributed by atoms with E-state index in [9.17, 15) is 17.6 Å². The van der Waals surface area contributed by atoms with Gasteiger partial charge in [-0.15, -0.1) is 0 Å². The quantitative estimate of drug-likeness (QED) is 0.717. The average Bonchev–Trinajstić information content (AvgIpc) is 3.29. The Morgan fingerprint density at radius 3 is 2.65 bits per heavy atom. The Morgan fingerprint density at radius 2 is 1.96 bits per heavy atom. The Morgan fingerprint density at radius 1 is 1.19 bits per heavy atom. The Kier molecular flexibility index (Phi) is 3.64. The van der Waals surface area contributed by atoms with E-state index in [2.05, 4.69) is 20.4 Å². The van der Waals surface area contributed by atoms with Gasteiger partial charge in [0.1, 0.15) is 18.0 Å². The van der Waals surface area contributed by atoms with Gasteiger partial charge in [0.2, 0.25) is 0 Å². The summed E-state index contributed by atoms with van der Waals surface area (Å²) in [5, 5.41) is 8.02. The number of hydrogen-bond acceptors (Lipinski definition) is 4. The summed E-state index contributed by atoms with van der Waals surface area (Å²) in [7, 11) is 1.76. The van der Waals surface area contributed by atoms with Gasteiger partial charge in [0.15, 0.2) is 5.65 Å². The number of rotatable bonds is 4. The number of fused-ring (bicyclic) bond motifs is 1. The molecule has 4 rings (SSSR count). The van der Waals surface area contributed by atoms with Gasteiger partial charge in [0.25, 0.3) is 0 Å². The summed E-state index contributed by atoms with van der Waals surface area (Å²) in [5.74, 6) is -0.320. The third-order valence-corrected chi connectivity index (χ3v) is 4.81. The number of alkyl halides is 3. The van der Waals surface area contributed by atoms with Crippen molar-refractivity contribution in [3.05, 3.63) is 47.7 Å². The van der Waals surface area contributed by atoms with Crippen LogP contribution in [-0.2, 0) is 18.6 Å². The first kappa shape index (κ1) is 16.7. The van der Waals surface area contributed by atoms with Gasteiger partial charge in [-0.05, 0) is 36.6 Å². The van der Waals surface area contributed by atoms with Gasteiger partial charge >= 0.3 is 6.18 Å². The highest BCUT2D eigenvalue weighted by molar-refractivity contribution is 5.86. The van der Waals surface area contributed by atoms with Crippen molar-refractivity contribution in [2.75, 3.05) is 11.9 Å². The Hall–Kier alpha value is -2.71. The monoisotopic (exact) mass is 365 g/mol. The number of halogens is 4. The van der Waals surface area contributed by atoms with E-state index < -0.39 is 23.0 Å². The Bertz CT molecular complexity index is 975. The summed E-state index contributed by atoms with van der Waals surface area (Å²) in [6.07, 6.45) is -0.185. The zero-order valence-electron chi connectivity index (χ0n) is 13.8. The fourth-order valence-corrected chi connectivity index (χ4v) is 3.13. The standard InChI is InChI=1S/C17H15F4N5/c1-26-15-13(7-25-26)14(23-9-24-15)22-8-16(2-3-16)10-4-11(17(19,20)21)6-12(18)5-10/h4-7,9H,2-3,8H2,1H3,(H,22,23,24). The molecule has 0 unspecified atom stereocenters. The molecule has 1 aliphatic rings. The highest BCUT2D eigenvalue weighted by Crippen LogP contribution is 2.49. The molecule has 0 radical (unpaired) electrons. The van der Waals surface area contributed by atoms with Crippen LogP contribution in [0.1, 0.15) is 24.0 Å². The van der Waals surface area contributed by atoms with Crippen LogP contribution in [0.4, 0.5) is 23.4 Å². The number of aryl methyl sites for hydroxylation is 1. The van der Waals surface area contributed by atoms with Crippen LogP contribution in [-0.4, -0.2) is 26.3 Å². The normalized spacial score (nSPS) is 16.0. The van der Waals surface area contributed by atoms with Crippen molar-refractivity contribution in [3.8, 4) is 0 Å². The van der Waals surface area contributed by atoms with Crippen LogP contribution in [0.2, 0.25) is 0 Å². The molecule has 0 bridgehead atoms. The number of nitrogens with one attached hydrogen (secondary N) is 1. The minimum atomic E-state index is -4.57. The van der Waals surface area contributed by atoms with Gasteiger partial charge < -0.3 is 5.32 Å². The molecular weight excluding hydrogens is 350 g/mol. The molecule has 1 N–H and O–H groups in total. The van der Waals surface area contributed by atoms with Crippen molar-refractivity contribution in [1.29, 1.82) is 0 Å². The largest absolute Gasteiger partial charge is 0.416 e. The average molecular weight is 365 g/mol. The lowest BCUT2D eigenvalue weighted by Crippen LogP contribution is -2.21. The molecule has 136 valence electrons. The molecule has 0 aliphatic heterocycles. The van der Waals surface area contributed by atoms with Crippen LogP contribution >= 0.6 is 0 Å². The fraction of sp³-hybridized carbons (Fsp3) is 0.353. The SMILES string of the molecule is Cn1ncc2c(NCC3(c4cc(F)cc(C(F)(F)F)c4)CC3)ncnc21. The maximum atomic E-state index is 13.7. The number of nitrogens with zero attached hydrogens (tertiary/aromatic N) is 4. The molecule has 1 saturated carbocycles. The maximum absolute atomic E-state index is 13.7. The molecular formula is C17H15F4N5. The first-order valence-corrected chi connectivity index (χ1v) is 8.03. The van der Waals surface area contributed by atoms with Crippen molar-refractivity contribution < 1.29 is 17.6 Å². The minimum absolute atomic E-state index is 0.355. The third-order valence-electron chi connectivity index (χ3n) is 4.81. The molecule has 1 aromatic carbocycles.